The molecule has 0 radical (unpaired) electrons. The fourth-order valence-electron chi connectivity index (χ4n) is 4.26. The Morgan fingerprint density at radius 2 is 1.80 bits per heavy atom. The molecule has 2 aliphatic rings. The molecule has 1 nitrogen and oxygen atoms in total. The van der Waals surface area contributed by atoms with Crippen molar-refractivity contribution in [2.75, 3.05) is 4.43 Å². The molecule has 0 saturated heterocycles. The Hall–Kier alpha value is 0.690. The van der Waals surface area contributed by atoms with E-state index in [9.17, 15) is 0 Å². The second kappa shape index (κ2) is 8.36. The van der Waals surface area contributed by atoms with E-state index >= 15 is 0 Å². The summed E-state index contributed by atoms with van der Waals surface area (Å²) < 4.78 is 7.91. The van der Waals surface area contributed by atoms with Gasteiger partial charge in [-0.1, -0.05) is 68.5 Å². The fraction of sp³-hybridized carbons (Fsp3) is 1.00. The third-order valence-electron chi connectivity index (χ3n) is 5.69. The molecule has 2 atom stereocenters. The van der Waals surface area contributed by atoms with Gasteiger partial charge in [0.1, 0.15) is 0 Å². The van der Waals surface area contributed by atoms with Crippen LogP contribution in [0.2, 0.25) is 0 Å². The maximum Gasteiger partial charge on any atom is 0.0775 e. The molecule has 2 unspecified atom stereocenters. The van der Waals surface area contributed by atoms with Crippen LogP contribution in [-0.4, -0.2) is 16.1 Å². The summed E-state index contributed by atoms with van der Waals surface area (Å²) in [5.74, 6) is 1.91. The molecule has 0 spiro atoms. The van der Waals surface area contributed by atoms with Gasteiger partial charge in [0, 0.05) is 4.43 Å². The Morgan fingerprint density at radius 3 is 2.40 bits per heavy atom. The lowest BCUT2D eigenvalue weighted by atomic mass is 9.77. The van der Waals surface area contributed by atoms with Gasteiger partial charge in [0.25, 0.3) is 0 Å². The second-order valence-corrected chi connectivity index (χ2v) is 7.99. The molecule has 2 heteroatoms. The topological polar surface area (TPSA) is 9.23 Å². The van der Waals surface area contributed by atoms with E-state index in [1.54, 1.807) is 0 Å². The maximum atomic E-state index is 6.72. The standard InChI is InChI=1S/C18H33IO/c1-3-6-16-9-11-18(14-19,12-10-16)20-17-8-5-7-15(4-2)13-17/h15-17H,3-14H2,1-2H3. The molecule has 0 N–H and O–H groups in total. The third-order valence-corrected chi connectivity index (χ3v) is 7.08. The molecule has 0 heterocycles. The van der Waals surface area contributed by atoms with Crippen molar-refractivity contribution in [3.8, 4) is 0 Å². The largest absolute Gasteiger partial charge is 0.371 e. The smallest absolute Gasteiger partial charge is 0.0775 e. The van der Waals surface area contributed by atoms with E-state index in [4.69, 9.17) is 4.74 Å². The van der Waals surface area contributed by atoms with Gasteiger partial charge in [-0.05, 0) is 50.4 Å². The van der Waals surface area contributed by atoms with Crippen LogP contribution in [0.25, 0.3) is 0 Å². The first-order valence-electron chi connectivity index (χ1n) is 8.95. The van der Waals surface area contributed by atoms with Crippen molar-refractivity contribution < 1.29 is 4.74 Å². The highest BCUT2D eigenvalue weighted by molar-refractivity contribution is 14.1. The van der Waals surface area contributed by atoms with Crippen LogP contribution in [0.15, 0.2) is 0 Å². The zero-order chi connectivity index (χ0) is 14.4. The highest BCUT2D eigenvalue weighted by atomic mass is 127. The zero-order valence-corrected chi connectivity index (χ0v) is 15.7. The van der Waals surface area contributed by atoms with Crippen LogP contribution in [0.3, 0.4) is 0 Å². The highest BCUT2D eigenvalue weighted by Gasteiger charge is 2.38. The van der Waals surface area contributed by atoms with Gasteiger partial charge < -0.3 is 4.74 Å². The van der Waals surface area contributed by atoms with Crippen LogP contribution in [-0.2, 0) is 4.74 Å². The monoisotopic (exact) mass is 392 g/mol. The normalized spacial score (nSPS) is 38.9. The van der Waals surface area contributed by atoms with E-state index in [0.29, 0.717) is 6.10 Å². The molecular formula is C18H33IO. The number of rotatable bonds is 6. The van der Waals surface area contributed by atoms with Crippen LogP contribution in [0.1, 0.15) is 84.5 Å². The Balaban J connectivity index is 1.85. The average Bonchev–Trinajstić information content (AvgIpc) is 2.50. The number of alkyl halides is 1. The van der Waals surface area contributed by atoms with Gasteiger partial charge in [-0.15, -0.1) is 0 Å². The number of hydrogen-bond donors (Lipinski definition) is 0. The number of halogens is 1. The molecule has 0 aromatic rings. The Morgan fingerprint density at radius 1 is 1.05 bits per heavy atom. The summed E-state index contributed by atoms with van der Waals surface area (Å²) in [6, 6.07) is 0. The van der Waals surface area contributed by atoms with Crippen molar-refractivity contribution in [3.05, 3.63) is 0 Å². The molecule has 2 rings (SSSR count). The van der Waals surface area contributed by atoms with Crippen molar-refractivity contribution in [3.63, 3.8) is 0 Å². The van der Waals surface area contributed by atoms with Crippen LogP contribution in [0, 0.1) is 11.8 Å². The lowest BCUT2D eigenvalue weighted by Crippen LogP contribution is -2.43. The number of hydrogen-bond acceptors (Lipinski definition) is 1. The lowest BCUT2D eigenvalue weighted by Gasteiger charge is -2.43. The summed E-state index contributed by atoms with van der Waals surface area (Å²) in [6.07, 6.45) is 15.6. The van der Waals surface area contributed by atoms with Crippen molar-refractivity contribution in [2.24, 2.45) is 11.8 Å². The molecule has 2 saturated carbocycles. The van der Waals surface area contributed by atoms with E-state index in [1.807, 2.05) is 0 Å². The Labute approximate surface area is 139 Å². The lowest BCUT2D eigenvalue weighted by molar-refractivity contribution is -0.119. The first-order chi connectivity index (χ1) is 9.71. The Bertz CT molecular complexity index is 271. The minimum Gasteiger partial charge on any atom is -0.371 e. The number of ether oxygens (including phenoxy) is 1. The SMILES string of the molecule is CCCC1CCC(CI)(OC2CCCC(CC)C2)CC1. The molecular weight excluding hydrogens is 359 g/mol. The van der Waals surface area contributed by atoms with Gasteiger partial charge in [0.15, 0.2) is 0 Å². The van der Waals surface area contributed by atoms with Gasteiger partial charge >= 0.3 is 0 Å². The van der Waals surface area contributed by atoms with Crippen LogP contribution >= 0.6 is 22.6 Å². The van der Waals surface area contributed by atoms with Crippen LogP contribution in [0.4, 0.5) is 0 Å². The van der Waals surface area contributed by atoms with Crippen LogP contribution < -0.4 is 0 Å². The van der Waals surface area contributed by atoms with Crippen LogP contribution in [0.5, 0.6) is 0 Å². The quantitative estimate of drug-likeness (QED) is 0.390. The van der Waals surface area contributed by atoms with Crippen molar-refractivity contribution in [2.45, 2.75) is 96.2 Å². The summed E-state index contributed by atoms with van der Waals surface area (Å²) in [5, 5.41) is 0. The predicted octanol–water partition coefficient (Wildman–Crippen LogP) is 6.14. The summed E-state index contributed by atoms with van der Waals surface area (Å²) in [6.45, 7) is 4.67. The zero-order valence-electron chi connectivity index (χ0n) is 13.5. The molecule has 0 aromatic carbocycles. The van der Waals surface area contributed by atoms with Crippen molar-refractivity contribution in [1.82, 2.24) is 0 Å². The molecule has 2 fully saturated rings. The van der Waals surface area contributed by atoms with Gasteiger partial charge in [-0.2, -0.15) is 0 Å². The summed E-state index contributed by atoms with van der Waals surface area (Å²) in [5.41, 5.74) is 0.227. The van der Waals surface area contributed by atoms with Gasteiger partial charge in [0.05, 0.1) is 11.7 Å². The van der Waals surface area contributed by atoms with Gasteiger partial charge in [-0.25, -0.2) is 0 Å². The van der Waals surface area contributed by atoms with Crippen molar-refractivity contribution >= 4 is 22.6 Å². The summed E-state index contributed by atoms with van der Waals surface area (Å²) >= 11 is 2.57. The second-order valence-electron chi connectivity index (χ2n) is 7.23. The van der Waals surface area contributed by atoms with E-state index in [0.717, 1.165) is 11.8 Å². The maximum absolute atomic E-state index is 6.72. The summed E-state index contributed by atoms with van der Waals surface area (Å²) in [4.78, 5) is 0. The minimum absolute atomic E-state index is 0.227. The van der Waals surface area contributed by atoms with E-state index in [-0.39, 0.29) is 5.60 Å². The van der Waals surface area contributed by atoms with Gasteiger partial charge in [-0.3, -0.25) is 0 Å². The molecule has 2 aliphatic carbocycles. The van der Waals surface area contributed by atoms with E-state index in [1.165, 1.54) is 75.1 Å². The van der Waals surface area contributed by atoms with Crippen molar-refractivity contribution in [1.29, 1.82) is 0 Å². The highest BCUT2D eigenvalue weighted by Crippen LogP contribution is 2.41. The minimum atomic E-state index is 0.227. The first kappa shape index (κ1) is 17.1. The molecule has 0 aliphatic heterocycles. The van der Waals surface area contributed by atoms with E-state index in [2.05, 4.69) is 36.4 Å². The molecule has 118 valence electrons. The van der Waals surface area contributed by atoms with E-state index < -0.39 is 0 Å². The predicted molar refractivity (Wildman–Crippen MR) is 95.6 cm³/mol. The van der Waals surface area contributed by atoms with Gasteiger partial charge in [0.2, 0.25) is 0 Å². The fourth-order valence-corrected chi connectivity index (χ4v) is 5.20. The first-order valence-corrected chi connectivity index (χ1v) is 10.5. The molecule has 20 heavy (non-hydrogen) atoms. The molecule has 0 amide bonds. The third kappa shape index (κ3) is 4.59. The molecule has 0 aromatic heterocycles. The summed E-state index contributed by atoms with van der Waals surface area (Å²) in [7, 11) is 0. The Kier molecular flexibility index (Phi) is 7.12. The average molecular weight is 392 g/mol. The molecule has 0 bridgehead atoms.